The minimum absolute atomic E-state index is 0.137. The molecule has 0 saturated heterocycles. The topological polar surface area (TPSA) is 41.5 Å². The molecule has 1 saturated carbocycles. The van der Waals surface area contributed by atoms with Gasteiger partial charge < -0.3 is 15.2 Å². The zero-order valence-electron chi connectivity index (χ0n) is 8.84. The molecule has 0 aliphatic heterocycles. The average Bonchev–Trinajstić information content (AvgIpc) is 2.48. The molecule has 1 aliphatic rings. The average molecular weight is 187 g/mol. The Morgan fingerprint density at radius 3 is 2.62 bits per heavy atom. The largest absolute Gasteiger partial charge is 0.392 e. The number of hydrogen-bond acceptors (Lipinski definition) is 3. The minimum Gasteiger partial charge on any atom is -0.392 e. The van der Waals surface area contributed by atoms with E-state index in [2.05, 4.69) is 5.32 Å². The van der Waals surface area contributed by atoms with E-state index in [9.17, 15) is 5.11 Å². The molecule has 1 aliphatic carbocycles. The summed E-state index contributed by atoms with van der Waals surface area (Å²) in [5.41, 5.74) is -0.137. The van der Waals surface area contributed by atoms with Crippen LogP contribution in [0.15, 0.2) is 0 Å². The molecule has 0 aromatic carbocycles. The van der Waals surface area contributed by atoms with Crippen molar-refractivity contribution in [3.63, 3.8) is 0 Å². The van der Waals surface area contributed by atoms with Crippen molar-refractivity contribution in [1.82, 2.24) is 5.32 Å². The number of rotatable bonds is 4. The molecule has 1 rings (SSSR count). The lowest BCUT2D eigenvalue weighted by Crippen LogP contribution is -2.44. The zero-order chi connectivity index (χ0) is 9.90. The van der Waals surface area contributed by atoms with Crippen molar-refractivity contribution in [3.8, 4) is 0 Å². The highest BCUT2D eigenvalue weighted by atomic mass is 16.5. The summed E-state index contributed by atoms with van der Waals surface area (Å²) in [6.45, 7) is 4.88. The predicted molar refractivity (Wildman–Crippen MR) is 52.7 cm³/mol. The van der Waals surface area contributed by atoms with Crippen molar-refractivity contribution in [2.45, 2.75) is 50.9 Å². The van der Waals surface area contributed by atoms with E-state index in [0.29, 0.717) is 0 Å². The van der Waals surface area contributed by atoms with Crippen LogP contribution in [0.5, 0.6) is 0 Å². The van der Waals surface area contributed by atoms with Crippen LogP contribution in [-0.4, -0.2) is 36.5 Å². The van der Waals surface area contributed by atoms with Crippen LogP contribution in [0.3, 0.4) is 0 Å². The minimum atomic E-state index is -0.160. The summed E-state index contributed by atoms with van der Waals surface area (Å²) >= 11 is 0. The molecule has 0 heterocycles. The van der Waals surface area contributed by atoms with E-state index >= 15 is 0 Å². The molecule has 2 N–H and O–H groups in total. The lowest BCUT2D eigenvalue weighted by Gasteiger charge is -2.26. The summed E-state index contributed by atoms with van der Waals surface area (Å²) in [5, 5.41) is 12.9. The lowest BCUT2D eigenvalue weighted by atomic mass is 10.1. The second-order valence-corrected chi connectivity index (χ2v) is 4.45. The Bertz CT molecular complexity index is 159. The number of hydrogen-bond donors (Lipinski definition) is 2. The van der Waals surface area contributed by atoms with Crippen LogP contribution < -0.4 is 5.32 Å². The van der Waals surface area contributed by atoms with Crippen LogP contribution in [0.25, 0.3) is 0 Å². The van der Waals surface area contributed by atoms with Gasteiger partial charge in [0.1, 0.15) is 0 Å². The second-order valence-electron chi connectivity index (χ2n) is 4.45. The monoisotopic (exact) mass is 187 g/mol. The van der Waals surface area contributed by atoms with E-state index in [-0.39, 0.29) is 17.7 Å². The van der Waals surface area contributed by atoms with E-state index in [1.54, 1.807) is 7.11 Å². The Morgan fingerprint density at radius 1 is 1.46 bits per heavy atom. The third-order valence-corrected chi connectivity index (χ3v) is 2.82. The van der Waals surface area contributed by atoms with Crippen LogP contribution in [-0.2, 0) is 4.74 Å². The van der Waals surface area contributed by atoms with Gasteiger partial charge in [0.2, 0.25) is 0 Å². The van der Waals surface area contributed by atoms with Crippen molar-refractivity contribution >= 4 is 0 Å². The third-order valence-electron chi connectivity index (χ3n) is 2.82. The van der Waals surface area contributed by atoms with Gasteiger partial charge in [-0.2, -0.15) is 0 Å². The van der Waals surface area contributed by atoms with Crippen LogP contribution in [0.2, 0.25) is 0 Å². The summed E-state index contributed by atoms with van der Waals surface area (Å²) in [6, 6.07) is 0.273. The number of aliphatic hydroxyl groups is 1. The zero-order valence-corrected chi connectivity index (χ0v) is 8.84. The Hall–Kier alpha value is -0.120. The number of aliphatic hydroxyl groups excluding tert-OH is 1. The van der Waals surface area contributed by atoms with Crippen LogP contribution in [0, 0.1) is 0 Å². The Balaban J connectivity index is 2.25. The predicted octanol–water partition coefficient (Wildman–Crippen LogP) is 0.914. The van der Waals surface area contributed by atoms with Crippen molar-refractivity contribution in [1.29, 1.82) is 0 Å². The number of methoxy groups -OCH3 is 1. The smallest absolute Gasteiger partial charge is 0.0746 e. The van der Waals surface area contributed by atoms with Gasteiger partial charge in [0.25, 0.3) is 0 Å². The van der Waals surface area contributed by atoms with Gasteiger partial charge in [-0.05, 0) is 33.1 Å². The fraction of sp³-hybridized carbons (Fsp3) is 1.00. The SMILES string of the molecule is COC(C)(C)CN[C@H]1CCC[C@@H]1O. The van der Waals surface area contributed by atoms with Crippen LogP contribution >= 0.6 is 0 Å². The highest BCUT2D eigenvalue weighted by molar-refractivity contribution is 4.85. The van der Waals surface area contributed by atoms with Crippen molar-refractivity contribution in [3.05, 3.63) is 0 Å². The molecule has 3 nitrogen and oxygen atoms in total. The van der Waals surface area contributed by atoms with Crippen molar-refractivity contribution < 1.29 is 9.84 Å². The highest BCUT2D eigenvalue weighted by Crippen LogP contribution is 2.19. The molecule has 13 heavy (non-hydrogen) atoms. The standard InChI is InChI=1S/C10H21NO2/c1-10(2,13-3)7-11-8-5-4-6-9(8)12/h8-9,11-12H,4-7H2,1-3H3/t8-,9-/m0/s1. The Kier molecular flexibility index (Phi) is 3.71. The van der Waals surface area contributed by atoms with E-state index in [1.807, 2.05) is 13.8 Å². The van der Waals surface area contributed by atoms with Gasteiger partial charge in [0, 0.05) is 19.7 Å². The van der Waals surface area contributed by atoms with Crippen molar-refractivity contribution in [2.24, 2.45) is 0 Å². The molecule has 1 fully saturated rings. The molecule has 0 radical (unpaired) electrons. The first-order valence-corrected chi connectivity index (χ1v) is 5.02. The first-order valence-electron chi connectivity index (χ1n) is 5.02. The molecule has 0 unspecified atom stereocenters. The summed E-state index contributed by atoms with van der Waals surface area (Å²) in [5.74, 6) is 0. The van der Waals surface area contributed by atoms with E-state index in [0.717, 1.165) is 25.8 Å². The summed E-state index contributed by atoms with van der Waals surface area (Å²) in [6.07, 6.45) is 2.99. The molecule has 0 aromatic rings. The molecule has 0 amide bonds. The Morgan fingerprint density at radius 2 is 2.15 bits per heavy atom. The molecule has 78 valence electrons. The van der Waals surface area contributed by atoms with Gasteiger partial charge in [0.05, 0.1) is 11.7 Å². The van der Waals surface area contributed by atoms with E-state index in [4.69, 9.17) is 4.74 Å². The molecule has 0 aromatic heterocycles. The molecule has 3 heteroatoms. The molecule has 2 atom stereocenters. The second kappa shape index (κ2) is 4.40. The summed E-state index contributed by atoms with van der Waals surface area (Å²) in [4.78, 5) is 0. The maximum atomic E-state index is 9.56. The maximum absolute atomic E-state index is 9.56. The van der Waals surface area contributed by atoms with Gasteiger partial charge in [0.15, 0.2) is 0 Å². The van der Waals surface area contributed by atoms with Gasteiger partial charge in [-0.3, -0.25) is 0 Å². The van der Waals surface area contributed by atoms with Crippen LogP contribution in [0.4, 0.5) is 0 Å². The van der Waals surface area contributed by atoms with Gasteiger partial charge in [-0.25, -0.2) is 0 Å². The van der Waals surface area contributed by atoms with Gasteiger partial charge in [-0.1, -0.05) is 0 Å². The Labute approximate surface area is 80.5 Å². The lowest BCUT2D eigenvalue weighted by molar-refractivity contribution is 0.0170. The molecule has 0 bridgehead atoms. The fourth-order valence-corrected chi connectivity index (χ4v) is 1.63. The molecule has 0 spiro atoms. The van der Waals surface area contributed by atoms with E-state index < -0.39 is 0 Å². The molecular weight excluding hydrogens is 166 g/mol. The maximum Gasteiger partial charge on any atom is 0.0746 e. The van der Waals surface area contributed by atoms with Crippen LogP contribution in [0.1, 0.15) is 33.1 Å². The van der Waals surface area contributed by atoms with Crippen molar-refractivity contribution in [2.75, 3.05) is 13.7 Å². The van der Waals surface area contributed by atoms with Gasteiger partial charge >= 0.3 is 0 Å². The number of nitrogens with one attached hydrogen (secondary N) is 1. The first-order chi connectivity index (χ1) is 6.05. The normalized spacial score (nSPS) is 29.5. The highest BCUT2D eigenvalue weighted by Gasteiger charge is 2.26. The number of ether oxygens (including phenoxy) is 1. The fourth-order valence-electron chi connectivity index (χ4n) is 1.63. The summed E-state index contributed by atoms with van der Waals surface area (Å²) in [7, 11) is 1.72. The molecular formula is C10H21NO2. The van der Waals surface area contributed by atoms with Gasteiger partial charge in [-0.15, -0.1) is 0 Å². The first kappa shape index (κ1) is 11.0. The quantitative estimate of drug-likeness (QED) is 0.687. The third kappa shape index (κ3) is 3.25. The van der Waals surface area contributed by atoms with E-state index in [1.165, 1.54) is 0 Å². The summed E-state index contributed by atoms with van der Waals surface area (Å²) < 4.78 is 5.29.